The van der Waals surface area contributed by atoms with Crippen LogP contribution in [0, 0.1) is 5.41 Å². The van der Waals surface area contributed by atoms with Crippen molar-refractivity contribution in [3.05, 3.63) is 0 Å². The van der Waals surface area contributed by atoms with E-state index in [1.807, 2.05) is 0 Å². The molecule has 1 saturated heterocycles. The molecule has 0 aromatic rings. The molecule has 3 nitrogen and oxygen atoms in total. The second kappa shape index (κ2) is 1.20. The minimum atomic E-state index is -0.373. The number of carbonyl (C=O) groups is 1. The molecule has 1 N–H and O–H groups in total. The first-order chi connectivity index (χ1) is 3.22. The minimum Gasteiger partial charge on any atom is -0.298 e. The maximum atomic E-state index is 10.1. The van der Waals surface area contributed by atoms with Gasteiger partial charge in [-0.25, -0.2) is 4.42 Å². The van der Waals surface area contributed by atoms with Gasteiger partial charge in [0.2, 0.25) is 0 Å². The molecule has 38 valence electrons. The number of nitrogens with zero attached hydrogens (tertiary/aromatic N) is 1. The smallest absolute Gasteiger partial charge is 0.284 e. The Balaban J connectivity index is 2.60. The highest BCUT2D eigenvalue weighted by atomic mass is 35.5. The number of halogens is 1. The first-order valence-corrected chi connectivity index (χ1v) is 2.10. The average molecular weight is 119 g/mol. The molecule has 1 rings (SSSR count). The number of carbonyl (C=O) groups excluding carboxylic acids is 1. The molecule has 0 aromatic carbocycles. The van der Waals surface area contributed by atoms with Gasteiger partial charge in [0.05, 0.1) is 6.54 Å². The SMILES string of the molecule is N=C1CN(Cl)C1=O. The van der Waals surface area contributed by atoms with Gasteiger partial charge in [-0.1, -0.05) is 0 Å². The van der Waals surface area contributed by atoms with Crippen molar-refractivity contribution in [3.63, 3.8) is 0 Å². The zero-order chi connectivity index (χ0) is 5.44. The van der Waals surface area contributed by atoms with Crippen molar-refractivity contribution >= 4 is 23.4 Å². The van der Waals surface area contributed by atoms with Crippen LogP contribution in [-0.4, -0.2) is 22.6 Å². The van der Waals surface area contributed by atoms with Crippen LogP contribution in [0.1, 0.15) is 0 Å². The van der Waals surface area contributed by atoms with Crippen molar-refractivity contribution in [3.8, 4) is 0 Å². The number of β-lactam (4-membered cyclic amide) rings is 1. The second-order valence-electron chi connectivity index (χ2n) is 1.30. The van der Waals surface area contributed by atoms with Crippen LogP contribution in [0.2, 0.25) is 0 Å². The van der Waals surface area contributed by atoms with Crippen LogP contribution in [-0.2, 0) is 4.79 Å². The first kappa shape index (κ1) is 4.59. The Morgan fingerprint density at radius 3 is 2.43 bits per heavy atom. The Hall–Kier alpha value is -0.570. The summed E-state index contributed by atoms with van der Waals surface area (Å²) in [5.74, 6) is -0.373. The van der Waals surface area contributed by atoms with Gasteiger partial charge < -0.3 is 0 Å². The summed E-state index contributed by atoms with van der Waals surface area (Å²) in [5.41, 5.74) is 0.0926. The zero-order valence-corrected chi connectivity index (χ0v) is 4.20. The summed E-state index contributed by atoms with van der Waals surface area (Å²) in [5, 5.41) is 6.69. The van der Waals surface area contributed by atoms with Crippen molar-refractivity contribution in [2.24, 2.45) is 0 Å². The van der Waals surface area contributed by atoms with E-state index in [2.05, 4.69) is 0 Å². The van der Waals surface area contributed by atoms with Crippen molar-refractivity contribution in [2.75, 3.05) is 6.54 Å². The highest BCUT2D eigenvalue weighted by molar-refractivity contribution is 6.51. The van der Waals surface area contributed by atoms with Gasteiger partial charge in [0.1, 0.15) is 5.71 Å². The zero-order valence-electron chi connectivity index (χ0n) is 3.44. The molecule has 1 fully saturated rings. The van der Waals surface area contributed by atoms with Crippen molar-refractivity contribution in [1.29, 1.82) is 5.41 Å². The van der Waals surface area contributed by atoms with Crippen LogP contribution in [0.5, 0.6) is 0 Å². The summed E-state index contributed by atoms with van der Waals surface area (Å²) in [6, 6.07) is 0. The van der Waals surface area contributed by atoms with Crippen LogP contribution in [0.15, 0.2) is 0 Å². The van der Waals surface area contributed by atoms with Gasteiger partial charge in [-0.2, -0.15) is 0 Å². The predicted molar refractivity (Wildman–Crippen MR) is 25.3 cm³/mol. The third-order valence-electron chi connectivity index (χ3n) is 0.775. The highest BCUT2D eigenvalue weighted by Gasteiger charge is 2.28. The fraction of sp³-hybridized carbons (Fsp3) is 0.333. The first-order valence-electron chi connectivity index (χ1n) is 1.77. The third kappa shape index (κ3) is 0.489. The summed E-state index contributed by atoms with van der Waals surface area (Å²) in [4.78, 5) is 10.1. The molecule has 1 aliphatic rings. The Morgan fingerprint density at radius 2 is 2.43 bits per heavy atom. The Bertz CT molecular complexity index is 133. The van der Waals surface area contributed by atoms with E-state index in [1.54, 1.807) is 0 Å². The minimum absolute atomic E-state index is 0.0926. The highest BCUT2D eigenvalue weighted by Crippen LogP contribution is 2.06. The molecule has 4 heteroatoms. The average Bonchev–Trinajstić information content (AvgIpc) is 1.68. The van der Waals surface area contributed by atoms with Gasteiger partial charge in [-0.05, 0) is 0 Å². The van der Waals surface area contributed by atoms with E-state index in [4.69, 9.17) is 17.2 Å². The van der Waals surface area contributed by atoms with Crippen LogP contribution in [0.4, 0.5) is 0 Å². The summed E-state index contributed by atoms with van der Waals surface area (Å²) in [7, 11) is 0. The quantitative estimate of drug-likeness (QED) is 0.353. The summed E-state index contributed by atoms with van der Waals surface area (Å²) in [6.45, 7) is 0.292. The summed E-state index contributed by atoms with van der Waals surface area (Å²) < 4.78 is 0.975. The van der Waals surface area contributed by atoms with Gasteiger partial charge in [0.15, 0.2) is 0 Å². The van der Waals surface area contributed by atoms with E-state index < -0.39 is 0 Å². The molecule has 0 aromatic heterocycles. The molecule has 0 aliphatic carbocycles. The van der Waals surface area contributed by atoms with Gasteiger partial charge in [0, 0.05) is 11.8 Å². The van der Waals surface area contributed by atoms with Crippen LogP contribution in [0.3, 0.4) is 0 Å². The summed E-state index contributed by atoms with van der Waals surface area (Å²) in [6.07, 6.45) is 0. The van der Waals surface area contributed by atoms with E-state index in [-0.39, 0.29) is 11.6 Å². The Morgan fingerprint density at radius 1 is 1.86 bits per heavy atom. The van der Waals surface area contributed by atoms with Crippen molar-refractivity contribution in [1.82, 2.24) is 4.42 Å². The van der Waals surface area contributed by atoms with Crippen molar-refractivity contribution < 1.29 is 4.79 Å². The lowest BCUT2D eigenvalue weighted by molar-refractivity contribution is -0.122. The Labute approximate surface area is 45.5 Å². The largest absolute Gasteiger partial charge is 0.298 e. The maximum absolute atomic E-state index is 10.1. The van der Waals surface area contributed by atoms with Crippen molar-refractivity contribution in [2.45, 2.75) is 0 Å². The standard InChI is InChI=1S/C3H3ClN2O/c4-6-1-2(5)3(6)7/h5H,1H2. The van der Waals surface area contributed by atoms with E-state index in [0.29, 0.717) is 6.54 Å². The monoisotopic (exact) mass is 118 g/mol. The predicted octanol–water partition coefficient (Wildman–Crippen LogP) is 0.00217. The fourth-order valence-corrected chi connectivity index (χ4v) is 0.555. The lowest BCUT2D eigenvalue weighted by atomic mass is 10.2. The second-order valence-corrected chi connectivity index (χ2v) is 1.71. The van der Waals surface area contributed by atoms with Gasteiger partial charge in [-0.15, -0.1) is 0 Å². The normalized spacial score (nSPS) is 19.9. The molecule has 0 spiro atoms. The topological polar surface area (TPSA) is 44.2 Å². The van der Waals surface area contributed by atoms with Crippen LogP contribution >= 0.6 is 11.8 Å². The number of hydrogen-bond donors (Lipinski definition) is 1. The van der Waals surface area contributed by atoms with E-state index in [9.17, 15) is 4.79 Å². The van der Waals surface area contributed by atoms with Gasteiger partial charge in [-0.3, -0.25) is 10.2 Å². The molecular formula is C3H3ClN2O. The maximum Gasteiger partial charge on any atom is 0.284 e. The fourth-order valence-electron chi connectivity index (χ4n) is 0.333. The molecule has 1 heterocycles. The third-order valence-corrected chi connectivity index (χ3v) is 1.05. The number of hydrogen-bond acceptors (Lipinski definition) is 2. The molecule has 1 aliphatic heterocycles. The van der Waals surface area contributed by atoms with Gasteiger partial charge >= 0.3 is 0 Å². The molecule has 0 atom stereocenters. The molecule has 0 bridgehead atoms. The molecule has 1 amide bonds. The molecular weight excluding hydrogens is 115 g/mol. The molecule has 0 saturated carbocycles. The summed E-state index contributed by atoms with van der Waals surface area (Å²) >= 11 is 5.14. The lowest BCUT2D eigenvalue weighted by Gasteiger charge is -2.22. The van der Waals surface area contributed by atoms with E-state index >= 15 is 0 Å². The van der Waals surface area contributed by atoms with Crippen LogP contribution < -0.4 is 0 Å². The Kier molecular flexibility index (Phi) is 0.785. The lowest BCUT2D eigenvalue weighted by Crippen LogP contribution is -2.46. The van der Waals surface area contributed by atoms with Gasteiger partial charge in [0.25, 0.3) is 5.91 Å². The molecule has 0 unspecified atom stereocenters. The number of amides is 1. The number of nitrogens with one attached hydrogen (secondary N) is 1. The van der Waals surface area contributed by atoms with E-state index in [1.165, 1.54) is 0 Å². The van der Waals surface area contributed by atoms with Crippen LogP contribution in [0.25, 0.3) is 0 Å². The number of rotatable bonds is 0. The molecule has 7 heavy (non-hydrogen) atoms. The molecule has 0 radical (unpaired) electrons. The van der Waals surface area contributed by atoms with E-state index in [0.717, 1.165) is 4.42 Å².